The molecule has 2 aliphatic rings. The van der Waals surface area contributed by atoms with E-state index in [0.29, 0.717) is 19.1 Å². The van der Waals surface area contributed by atoms with E-state index >= 15 is 0 Å². The normalized spacial score (nSPS) is 21.2. The van der Waals surface area contributed by atoms with Gasteiger partial charge in [-0.1, -0.05) is 18.2 Å². The summed E-state index contributed by atoms with van der Waals surface area (Å²) in [6, 6.07) is 8.19. The predicted molar refractivity (Wildman–Crippen MR) is 81.6 cm³/mol. The Hall–Kier alpha value is -1.59. The summed E-state index contributed by atoms with van der Waals surface area (Å²) in [6.45, 7) is 5.50. The van der Waals surface area contributed by atoms with Gasteiger partial charge in [-0.2, -0.15) is 0 Å². The minimum atomic E-state index is 0.228. The lowest BCUT2D eigenvalue weighted by Gasteiger charge is -2.29. The number of nitrogens with one attached hydrogen (secondary N) is 1. The van der Waals surface area contributed by atoms with Gasteiger partial charge in [0.05, 0.1) is 13.2 Å². The molecule has 1 aromatic rings. The van der Waals surface area contributed by atoms with Crippen LogP contribution in [0, 0.1) is 0 Å². The second-order valence-electron chi connectivity index (χ2n) is 5.87. The molecule has 0 aromatic heterocycles. The van der Waals surface area contributed by atoms with Gasteiger partial charge in [0.2, 0.25) is 5.91 Å². The van der Waals surface area contributed by atoms with E-state index < -0.39 is 0 Å². The van der Waals surface area contributed by atoms with Crippen molar-refractivity contribution in [1.82, 2.24) is 15.1 Å². The zero-order valence-corrected chi connectivity index (χ0v) is 12.5. The van der Waals surface area contributed by atoms with Crippen molar-refractivity contribution in [2.75, 3.05) is 52.9 Å². The number of piperazine rings is 1. The molecule has 1 amide bonds. The van der Waals surface area contributed by atoms with Gasteiger partial charge < -0.3 is 15.0 Å². The minimum absolute atomic E-state index is 0.228. The van der Waals surface area contributed by atoms with Crippen molar-refractivity contribution in [2.45, 2.75) is 5.92 Å². The number of carbonyl (C=O) groups excluding carboxylic acids is 1. The fourth-order valence-corrected chi connectivity index (χ4v) is 3.07. The number of amides is 1. The molecule has 1 fully saturated rings. The summed E-state index contributed by atoms with van der Waals surface area (Å²) >= 11 is 0. The number of nitrogens with zero attached hydrogens (tertiary/aromatic N) is 2. The lowest BCUT2D eigenvalue weighted by Crippen LogP contribution is -2.49. The molecule has 21 heavy (non-hydrogen) atoms. The Balaban J connectivity index is 1.52. The Kier molecular flexibility index (Phi) is 4.41. The first-order chi connectivity index (χ1) is 10.2. The minimum Gasteiger partial charge on any atom is -0.493 e. The van der Waals surface area contributed by atoms with Crippen molar-refractivity contribution in [3.05, 3.63) is 29.8 Å². The Labute approximate surface area is 125 Å². The van der Waals surface area contributed by atoms with E-state index in [1.807, 2.05) is 30.1 Å². The van der Waals surface area contributed by atoms with Gasteiger partial charge in [-0.05, 0) is 13.1 Å². The Morgan fingerprint density at radius 2 is 2.14 bits per heavy atom. The maximum absolute atomic E-state index is 12.3. The topological polar surface area (TPSA) is 44.8 Å². The number of hydrogen-bond donors (Lipinski definition) is 1. The third-order valence-corrected chi connectivity index (χ3v) is 4.21. The molecule has 114 valence electrons. The molecule has 1 N–H and O–H groups in total. The van der Waals surface area contributed by atoms with Gasteiger partial charge in [0.15, 0.2) is 0 Å². The van der Waals surface area contributed by atoms with E-state index in [9.17, 15) is 4.79 Å². The fourth-order valence-electron chi connectivity index (χ4n) is 3.07. The average Bonchev–Trinajstić information content (AvgIpc) is 2.91. The molecule has 5 nitrogen and oxygen atoms in total. The number of hydrogen-bond acceptors (Lipinski definition) is 4. The number of likely N-dealkylation sites (N-methyl/N-ethyl adjacent to an activating group) is 1. The highest BCUT2D eigenvalue weighted by Crippen LogP contribution is 2.33. The first-order valence-electron chi connectivity index (χ1n) is 7.63. The summed E-state index contributed by atoms with van der Waals surface area (Å²) in [5, 5.41) is 3.27. The molecule has 5 heteroatoms. The lowest BCUT2D eigenvalue weighted by molar-refractivity contribution is -0.132. The van der Waals surface area contributed by atoms with Crippen LogP contribution in [0.25, 0.3) is 0 Å². The first-order valence-corrected chi connectivity index (χ1v) is 7.63. The van der Waals surface area contributed by atoms with Gasteiger partial charge in [-0.3, -0.25) is 9.69 Å². The molecular formula is C16H23N3O2. The standard InChI is InChI=1S/C16H23N3O2/c1-18(11-16(20)19-8-6-17-7-9-19)10-13-12-21-15-5-3-2-4-14(13)15/h2-5,13,17H,6-12H2,1H3. The summed E-state index contributed by atoms with van der Waals surface area (Å²) in [7, 11) is 2.01. The van der Waals surface area contributed by atoms with Crippen LogP contribution in [0.15, 0.2) is 24.3 Å². The third-order valence-electron chi connectivity index (χ3n) is 4.21. The van der Waals surface area contributed by atoms with Crippen molar-refractivity contribution >= 4 is 5.91 Å². The number of para-hydroxylation sites is 1. The number of ether oxygens (including phenoxy) is 1. The van der Waals surface area contributed by atoms with E-state index in [1.165, 1.54) is 5.56 Å². The lowest BCUT2D eigenvalue weighted by atomic mass is 10.0. The van der Waals surface area contributed by atoms with Crippen LogP contribution >= 0.6 is 0 Å². The highest BCUT2D eigenvalue weighted by atomic mass is 16.5. The van der Waals surface area contributed by atoms with E-state index in [2.05, 4.69) is 16.3 Å². The monoisotopic (exact) mass is 289 g/mol. The van der Waals surface area contributed by atoms with Crippen molar-refractivity contribution < 1.29 is 9.53 Å². The summed E-state index contributed by atoms with van der Waals surface area (Å²) in [5.74, 6) is 1.58. The molecule has 0 bridgehead atoms. The zero-order chi connectivity index (χ0) is 14.7. The van der Waals surface area contributed by atoms with Crippen LogP contribution in [0.1, 0.15) is 11.5 Å². The van der Waals surface area contributed by atoms with Gasteiger partial charge in [0.1, 0.15) is 5.75 Å². The molecule has 0 saturated carbocycles. The number of rotatable bonds is 4. The van der Waals surface area contributed by atoms with Crippen LogP contribution in [0.4, 0.5) is 0 Å². The summed E-state index contributed by atoms with van der Waals surface area (Å²) in [6.07, 6.45) is 0. The molecule has 2 aliphatic heterocycles. The van der Waals surface area contributed by atoms with Crippen molar-refractivity contribution in [3.63, 3.8) is 0 Å². The van der Waals surface area contributed by atoms with Gasteiger partial charge in [0.25, 0.3) is 0 Å². The van der Waals surface area contributed by atoms with Crippen molar-refractivity contribution in [1.29, 1.82) is 0 Å². The number of carbonyl (C=O) groups is 1. The molecule has 0 spiro atoms. The van der Waals surface area contributed by atoms with Crippen LogP contribution in [-0.2, 0) is 4.79 Å². The Morgan fingerprint density at radius 3 is 2.95 bits per heavy atom. The van der Waals surface area contributed by atoms with Crippen LogP contribution in [-0.4, -0.2) is 68.6 Å². The summed E-state index contributed by atoms with van der Waals surface area (Å²) in [5.41, 5.74) is 1.26. The highest BCUT2D eigenvalue weighted by molar-refractivity contribution is 5.78. The molecule has 0 radical (unpaired) electrons. The molecule has 2 heterocycles. The average molecular weight is 289 g/mol. The maximum Gasteiger partial charge on any atom is 0.236 e. The predicted octanol–water partition coefficient (Wildman–Crippen LogP) is 0.526. The van der Waals surface area contributed by atoms with Crippen LogP contribution in [0.2, 0.25) is 0 Å². The SMILES string of the molecule is CN(CC(=O)N1CCNCC1)CC1COc2ccccc21. The van der Waals surface area contributed by atoms with Crippen LogP contribution in [0.3, 0.4) is 0 Å². The Bertz CT molecular complexity index is 500. The van der Waals surface area contributed by atoms with Crippen molar-refractivity contribution in [3.8, 4) is 5.75 Å². The van der Waals surface area contributed by atoms with E-state index in [1.54, 1.807) is 0 Å². The van der Waals surface area contributed by atoms with E-state index in [-0.39, 0.29) is 5.91 Å². The second kappa shape index (κ2) is 6.45. The third kappa shape index (κ3) is 3.36. The smallest absolute Gasteiger partial charge is 0.236 e. The molecule has 1 saturated heterocycles. The maximum atomic E-state index is 12.3. The molecule has 0 aliphatic carbocycles. The largest absolute Gasteiger partial charge is 0.493 e. The molecule has 3 rings (SSSR count). The molecule has 1 aromatic carbocycles. The highest BCUT2D eigenvalue weighted by Gasteiger charge is 2.26. The van der Waals surface area contributed by atoms with Gasteiger partial charge in [-0.25, -0.2) is 0 Å². The number of benzene rings is 1. The summed E-state index contributed by atoms with van der Waals surface area (Å²) < 4.78 is 5.70. The first kappa shape index (κ1) is 14.4. The van der Waals surface area contributed by atoms with Crippen LogP contribution < -0.4 is 10.1 Å². The second-order valence-corrected chi connectivity index (χ2v) is 5.87. The Morgan fingerprint density at radius 1 is 1.38 bits per heavy atom. The number of fused-ring (bicyclic) bond motifs is 1. The zero-order valence-electron chi connectivity index (χ0n) is 12.5. The molecular weight excluding hydrogens is 266 g/mol. The van der Waals surface area contributed by atoms with E-state index in [0.717, 1.165) is 38.5 Å². The van der Waals surface area contributed by atoms with Gasteiger partial charge in [0, 0.05) is 44.2 Å². The van der Waals surface area contributed by atoms with Gasteiger partial charge >= 0.3 is 0 Å². The molecule has 1 unspecified atom stereocenters. The molecule has 1 atom stereocenters. The summed E-state index contributed by atoms with van der Waals surface area (Å²) in [4.78, 5) is 16.3. The van der Waals surface area contributed by atoms with Crippen LogP contribution in [0.5, 0.6) is 5.75 Å². The van der Waals surface area contributed by atoms with Crippen molar-refractivity contribution in [2.24, 2.45) is 0 Å². The van der Waals surface area contributed by atoms with E-state index in [4.69, 9.17) is 4.74 Å². The van der Waals surface area contributed by atoms with Gasteiger partial charge in [-0.15, -0.1) is 0 Å². The quantitative estimate of drug-likeness (QED) is 0.878. The fraction of sp³-hybridized carbons (Fsp3) is 0.562.